The average molecular weight is 582 g/mol. The fourth-order valence-corrected chi connectivity index (χ4v) is 2.88. The van der Waals surface area contributed by atoms with Gasteiger partial charge in [0.25, 0.3) is 0 Å². The molecule has 1 aromatic rings. The number of carbonyl (C=O) groups is 4. The number of ether oxygens (including phenoxy) is 6. The molecule has 0 saturated carbocycles. The van der Waals surface area contributed by atoms with Crippen molar-refractivity contribution >= 4 is 24.2 Å². The minimum Gasteiger partial charge on any atom is -0.458 e. The Kier molecular flexibility index (Phi) is 14.6. The molecule has 0 aliphatic heterocycles. The second-order valence-corrected chi connectivity index (χ2v) is 11.4. The molecule has 0 amide bonds. The molecule has 0 radical (unpaired) electrons. The van der Waals surface area contributed by atoms with Gasteiger partial charge >= 0.3 is 24.2 Å². The topological polar surface area (TPSA) is 150 Å². The van der Waals surface area contributed by atoms with Crippen molar-refractivity contribution in [2.75, 3.05) is 13.2 Å². The van der Waals surface area contributed by atoms with Crippen LogP contribution in [-0.2, 0) is 35.0 Å². The standard InChI is InChI=1S/C30H47NO10/c1-10-18(3)16-36-28(34)40-24-13-12-22(15-25(24)41-29(35)37-17-19(4)11-2)14-23(31)26(32)38-20(5)21(6)39-27(33)30(7,8)9/h12-13,15,18-21,23H,10-11,14,16-17,31H2,1-9H3/t18?,19?,20-,21?,23-/m0/s1. The number of hydrogen-bond donors (Lipinski definition) is 1. The van der Waals surface area contributed by atoms with E-state index in [1.807, 2.05) is 27.7 Å². The maximum atomic E-state index is 12.7. The van der Waals surface area contributed by atoms with Crippen LogP contribution in [0.15, 0.2) is 18.2 Å². The van der Waals surface area contributed by atoms with Crippen molar-refractivity contribution in [3.05, 3.63) is 23.8 Å². The molecular weight excluding hydrogens is 534 g/mol. The third kappa shape index (κ3) is 13.2. The lowest BCUT2D eigenvalue weighted by Gasteiger charge is -2.25. The van der Waals surface area contributed by atoms with Crippen LogP contribution in [0.5, 0.6) is 11.5 Å². The first kappa shape index (κ1) is 35.7. The highest BCUT2D eigenvalue weighted by molar-refractivity contribution is 5.77. The highest BCUT2D eigenvalue weighted by atomic mass is 16.7. The van der Waals surface area contributed by atoms with E-state index in [0.717, 1.165) is 12.8 Å². The van der Waals surface area contributed by atoms with Crippen molar-refractivity contribution in [2.45, 2.75) is 99.8 Å². The van der Waals surface area contributed by atoms with Crippen LogP contribution in [0, 0.1) is 17.3 Å². The molecule has 1 rings (SSSR count). The maximum absolute atomic E-state index is 12.7. The molecule has 3 unspecified atom stereocenters. The largest absolute Gasteiger partial charge is 0.513 e. The van der Waals surface area contributed by atoms with Crippen molar-refractivity contribution in [3.8, 4) is 11.5 Å². The van der Waals surface area contributed by atoms with Crippen molar-refractivity contribution in [1.29, 1.82) is 0 Å². The number of rotatable bonds is 14. The number of esters is 2. The Hall–Kier alpha value is -3.34. The molecule has 232 valence electrons. The van der Waals surface area contributed by atoms with Crippen LogP contribution in [0.4, 0.5) is 9.59 Å². The normalized spacial score (nSPS) is 15.0. The molecule has 0 spiro atoms. The quantitative estimate of drug-likeness (QED) is 0.166. The van der Waals surface area contributed by atoms with E-state index in [9.17, 15) is 19.2 Å². The predicted molar refractivity (Wildman–Crippen MR) is 152 cm³/mol. The summed E-state index contributed by atoms with van der Waals surface area (Å²) in [5.41, 5.74) is 5.90. The Morgan fingerprint density at radius 2 is 1.27 bits per heavy atom. The van der Waals surface area contributed by atoms with Crippen LogP contribution in [0.1, 0.15) is 80.7 Å². The average Bonchev–Trinajstić information content (AvgIpc) is 2.90. The first-order chi connectivity index (χ1) is 19.1. The van der Waals surface area contributed by atoms with Gasteiger partial charge in [0.2, 0.25) is 0 Å². The van der Waals surface area contributed by atoms with Gasteiger partial charge in [-0.05, 0) is 70.6 Å². The number of carbonyl (C=O) groups excluding carboxylic acids is 4. The monoisotopic (exact) mass is 581 g/mol. The van der Waals surface area contributed by atoms with Gasteiger partial charge in [-0.2, -0.15) is 0 Å². The van der Waals surface area contributed by atoms with Gasteiger partial charge in [0.05, 0.1) is 18.6 Å². The summed E-state index contributed by atoms with van der Waals surface area (Å²) in [6.45, 7) is 16.5. The third-order valence-electron chi connectivity index (χ3n) is 6.39. The predicted octanol–water partition coefficient (Wildman–Crippen LogP) is 5.59. The van der Waals surface area contributed by atoms with Gasteiger partial charge in [0.15, 0.2) is 11.5 Å². The fourth-order valence-electron chi connectivity index (χ4n) is 2.88. The first-order valence-electron chi connectivity index (χ1n) is 14.1. The van der Waals surface area contributed by atoms with E-state index in [0.29, 0.717) is 5.56 Å². The van der Waals surface area contributed by atoms with Crippen molar-refractivity contribution in [3.63, 3.8) is 0 Å². The molecule has 0 aromatic heterocycles. The molecule has 0 aliphatic rings. The smallest absolute Gasteiger partial charge is 0.458 e. The summed E-state index contributed by atoms with van der Waals surface area (Å²) in [5.74, 6) is -1.02. The van der Waals surface area contributed by atoms with Gasteiger partial charge in [-0.15, -0.1) is 0 Å². The van der Waals surface area contributed by atoms with Crippen LogP contribution in [0.2, 0.25) is 0 Å². The number of hydrogen-bond acceptors (Lipinski definition) is 11. The molecule has 2 N–H and O–H groups in total. The molecule has 41 heavy (non-hydrogen) atoms. The Morgan fingerprint density at radius 1 is 0.780 bits per heavy atom. The van der Waals surface area contributed by atoms with Crippen LogP contribution >= 0.6 is 0 Å². The zero-order chi connectivity index (χ0) is 31.3. The molecule has 0 bridgehead atoms. The zero-order valence-electron chi connectivity index (χ0n) is 25.8. The summed E-state index contributed by atoms with van der Waals surface area (Å²) in [6.07, 6.45) is -1.71. The molecule has 11 heteroatoms. The van der Waals surface area contributed by atoms with E-state index >= 15 is 0 Å². The van der Waals surface area contributed by atoms with E-state index < -0.39 is 47.9 Å². The minimum atomic E-state index is -1.08. The van der Waals surface area contributed by atoms with Gasteiger partial charge in [0.1, 0.15) is 18.2 Å². The van der Waals surface area contributed by atoms with E-state index in [-0.39, 0.29) is 43.0 Å². The second kappa shape index (κ2) is 16.8. The van der Waals surface area contributed by atoms with Crippen LogP contribution in [0.25, 0.3) is 0 Å². The van der Waals surface area contributed by atoms with Crippen molar-refractivity contribution in [2.24, 2.45) is 23.0 Å². The Morgan fingerprint density at radius 3 is 1.76 bits per heavy atom. The first-order valence-corrected chi connectivity index (χ1v) is 14.1. The molecular formula is C30H47NO10. The van der Waals surface area contributed by atoms with E-state index in [1.54, 1.807) is 40.7 Å². The molecule has 11 nitrogen and oxygen atoms in total. The molecule has 1 aromatic carbocycles. The van der Waals surface area contributed by atoms with E-state index in [2.05, 4.69) is 0 Å². The summed E-state index contributed by atoms with van der Waals surface area (Å²) in [6, 6.07) is 3.32. The van der Waals surface area contributed by atoms with Gasteiger partial charge in [0, 0.05) is 0 Å². The second-order valence-electron chi connectivity index (χ2n) is 11.4. The van der Waals surface area contributed by atoms with Crippen LogP contribution in [-0.4, -0.2) is 55.7 Å². The van der Waals surface area contributed by atoms with Crippen LogP contribution in [0.3, 0.4) is 0 Å². The lowest BCUT2D eigenvalue weighted by atomic mass is 9.97. The van der Waals surface area contributed by atoms with E-state index in [1.165, 1.54) is 12.1 Å². The summed E-state index contributed by atoms with van der Waals surface area (Å²) in [7, 11) is 0. The molecule has 0 aliphatic carbocycles. The highest BCUT2D eigenvalue weighted by Gasteiger charge is 2.29. The summed E-state index contributed by atoms with van der Waals surface area (Å²) < 4.78 is 31.7. The number of benzene rings is 1. The van der Waals surface area contributed by atoms with Gasteiger partial charge in [-0.3, -0.25) is 9.59 Å². The molecule has 5 atom stereocenters. The summed E-state index contributed by atoms with van der Waals surface area (Å²) in [4.78, 5) is 49.4. The summed E-state index contributed by atoms with van der Waals surface area (Å²) in [5, 5.41) is 0. The Labute approximate surface area is 243 Å². The van der Waals surface area contributed by atoms with Gasteiger partial charge in [-0.25, -0.2) is 9.59 Å². The van der Waals surface area contributed by atoms with Crippen molar-refractivity contribution < 1.29 is 47.6 Å². The van der Waals surface area contributed by atoms with Crippen LogP contribution < -0.4 is 15.2 Å². The highest BCUT2D eigenvalue weighted by Crippen LogP contribution is 2.30. The van der Waals surface area contributed by atoms with Crippen molar-refractivity contribution in [1.82, 2.24) is 0 Å². The Bertz CT molecular complexity index is 1020. The molecule has 0 saturated heterocycles. The lowest BCUT2D eigenvalue weighted by molar-refractivity contribution is -0.171. The maximum Gasteiger partial charge on any atom is 0.513 e. The van der Waals surface area contributed by atoms with Gasteiger partial charge < -0.3 is 34.2 Å². The SMILES string of the molecule is CCC(C)COC(=O)Oc1ccc(C[C@H](N)C(=O)O[C@@H](C)C(C)OC(=O)C(C)(C)C)cc1OC(=O)OCC(C)CC. The van der Waals surface area contributed by atoms with E-state index in [4.69, 9.17) is 34.2 Å². The number of nitrogens with two attached hydrogens (primary N) is 1. The molecule has 0 heterocycles. The lowest BCUT2D eigenvalue weighted by Crippen LogP contribution is -2.40. The summed E-state index contributed by atoms with van der Waals surface area (Å²) >= 11 is 0. The minimum absolute atomic E-state index is 0.0126. The third-order valence-corrected chi connectivity index (χ3v) is 6.39. The Balaban J connectivity index is 2.97. The fraction of sp³-hybridized carbons (Fsp3) is 0.667. The van der Waals surface area contributed by atoms with Gasteiger partial charge in [-0.1, -0.05) is 46.6 Å². The molecule has 0 fully saturated rings. The zero-order valence-corrected chi connectivity index (χ0v) is 25.8.